The molecule has 2 aromatic heterocycles. The van der Waals surface area contributed by atoms with E-state index in [9.17, 15) is 4.39 Å². The van der Waals surface area contributed by atoms with Gasteiger partial charge < -0.3 is 9.73 Å². The molecule has 0 bridgehead atoms. The first kappa shape index (κ1) is 13.1. The molecule has 0 aliphatic rings. The fourth-order valence-electron chi connectivity index (χ4n) is 2.31. The van der Waals surface area contributed by atoms with Crippen LogP contribution in [0.4, 0.5) is 9.52 Å². The Morgan fingerprint density at radius 1 is 1.30 bits per heavy atom. The van der Waals surface area contributed by atoms with Crippen LogP contribution < -0.4 is 5.32 Å². The normalized spacial score (nSPS) is 12.8. The van der Waals surface area contributed by atoms with E-state index in [1.165, 1.54) is 23.5 Å². The van der Waals surface area contributed by atoms with Gasteiger partial charge >= 0.3 is 0 Å². The topological polar surface area (TPSA) is 38.1 Å². The minimum Gasteiger partial charge on any atom is -0.466 e. The molecule has 0 radical (unpaired) electrons. The van der Waals surface area contributed by atoms with Crippen LogP contribution in [0.15, 0.2) is 28.7 Å². The number of furan rings is 1. The minimum atomic E-state index is -0.260. The first-order chi connectivity index (χ1) is 9.52. The Balaban J connectivity index is 1.87. The molecule has 2 heterocycles. The Bertz CT molecular complexity index is 762. The van der Waals surface area contributed by atoms with E-state index in [4.69, 9.17) is 4.42 Å². The summed E-state index contributed by atoms with van der Waals surface area (Å²) in [7, 11) is 0. The van der Waals surface area contributed by atoms with E-state index in [-0.39, 0.29) is 11.9 Å². The molecule has 1 atom stereocenters. The zero-order valence-corrected chi connectivity index (χ0v) is 12.3. The van der Waals surface area contributed by atoms with Crippen molar-refractivity contribution in [3.8, 4) is 0 Å². The van der Waals surface area contributed by atoms with Gasteiger partial charge in [-0.25, -0.2) is 9.37 Å². The molecule has 0 aliphatic carbocycles. The van der Waals surface area contributed by atoms with E-state index in [0.29, 0.717) is 5.52 Å². The molecule has 0 spiro atoms. The molecule has 0 amide bonds. The maximum Gasteiger partial charge on any atom is 0.184 e. The summed E-state index contributed by atoms with van der Waals surface area (Å²) < 4.78 is 19.7. The van der Waals surface area contributed by atoms with Crippen LogP contribution in [-0.4, -0.2) is 4.98 Å². The lowest BCUT2D eigenvalue weighted by molar-refractivity contribution is 0.500. The molecular formula is C15H15FN2OS. The molecule has 3 nitrogen and oxygen atoms in total. The van der Waals surface area contributed by atoms with Crippen molar-refractivity contribution < 1.29 is 8.81 Å². The van der Waals surface area contributed by atoms with Crippen LogP contribution in [0.3, 0.4) is 0 Å². The summed E-state index contributed by atoms with van der Waals surface area (Å²) >= 11 is 1.52. The summed E-state index contributed by atoms with van der Waals surface area (Å²) in [6.45, 7) is 5.95. The summed E-state index contributed by atoms with van der Waals surface area (Å²) in [6, 6.07) is 6.79. The highest BCUT2D eigenvalue weighted by Gasteiger charge is 2.14. The monoisotopic (exact) mass is 290 g/mol. The quantitative estimate of drug-likeness (QED) is 0.751. The summed E-state index contributed by atoms with van der Waals surface area (Å²) in [5.74, 6) is 1.55. The first-order valence-electron chi connectivity index (χ1n) is 6.42. The van der Waals surface area contributed by atoms with Gasteiger partial charge in [0.1, 0.15) is 17.3 Å². The lowest BCUT2D eigenvalue weighted by Crippen LogP contribution is -2.06. The van der Waals surface area contributed by atoms with Gasteiger partial charge in [-0.15, -0.1) is 0 Å². The Morgan fingerprint density at radius 2 is 2.10 bits per heavy atom. The van der Waals surface area contributed by atoms with E-state index in [1.54, 1.807) is 6.07 Å². The van der Waals surface area contributed by atoms with Gasteiger partial charge in [-0.05, 0) is 39.0 Å². The van der Waals surface area contributed by atoms with Crippen molar-refractivity contribution in [1.82, 2.24) is 4.98 Å². The molecule has 20 heavy (non-hydrogen) atoms. The van der Waals surface area contributed by atoms with Crippen molar-refractivity contribution in [3.05, 3.63) is 47.2 Å². The highest BCUT2D eigenvalue weighted by atomic mass is 32.1. The molecule has 3 aromatic rings. The predicted molar refractivity (Wildman–Crippen MR) is 79.8 cm³/mol. The molecular weight excluding hydrogens is 275 g/mol. The van der Waals surface area contributed by atoms with E-state index >= 15 is 0 Å². The second-order valence-electron chi connectivity index (χ2n) is 4.87. The SMILES string of the molecule is Cc1cc(C(C)Nc2nc3cc(F)ccc3s2)c(C)o1. The van der Waals surface area contributed by atoms with Crippen molar-refractivity contribution in [1.29, 1.82) is 0 Å². The molecule has 1 N–H and O–H groups in total. The van der Waals surface area contributed by atoms with Gasteiger partial charge in [0, 0.05) is 11.6 Å². The number of nitrogens with zero attached hydrogens (tertiary/aromatic N) is 1. The summed E-state index contributed by atoms with van der Waals surface area (Å²) in [5.41, 5.74) is 1.80. The predicted octanol–water partition coefficient (Wildman–Crippen LogP) is 4.82. The van der Waals surface area contributed by atoms with Crippen molar-refractivity contribution in [2.75, 3.05) is 5.32 Å². The lowest BCUT2D eigenvalue weighted by Gasteiger charge is -2.11. The third-order valence-corrected chi connectivity index (χ3v) is 4.20. The third-order valence-electron chi connectivity index (χ3n) is 3.24. The van der Waals surface area contributed by atoms with E-state index in [2.05, 4.69) is 17.2 Å². The van der Waals surface area contributed by atoms with E-state index < -0.39 is 0 Å². The molecule has 104 valence electrons. The maximum absolute atomic E-state index is 13.2. The Kier molecular flexibility index (Phi) is 3.22. The molecule has 3 rings (SSSR count). The highest BCUT2D eigenvalue weighted by molar-refractivity contribution is 7.22. The van der Waals surface area contributed by atoms with Gasteiger partial charge in [-0.3, -0.25) is 0 Å². The van der Waals surface area contributed by atoms with Crippen LogP contribution >= 0.6 is 11.3 Å². The van der Waals surface area contributed by atoms with Crippen LogP contribution in [-0.2, 0) is 0 Å². The maximum atomic E-state index is 13.2. The van der Waals surface area contributed by atoms with E-state index in [0.717, 1.165) is 26.9 Å². The Morgan fingerprint density at radius 3 is 2.80 bits per heavy atom. The Labute approximate surface area is 120 Å². The zero-order valence-electron chi connectivity index (χ0n) is 11.5. The minimum absolute atomic E-state index is 0.0952. The van der Waals surface area contributed by atoms with Gasteiger partial charge in [-0.2, -0.15) is 0 Å². The lowest BCUT2D eigenvalue weighted by atomic mass is 10.1. The second kappa shape index (κ2) is 4.90. The summed E-state index contributed by atoms with van der Waals surface area (Å²) in [6.07, 6.45) is 0. The van der Waals surface area contributed by atoms with Crippen molar-refractivity contribution in [2.45, 2.75) is 26.8 Å². The number of fused-ring (bicyclic) bond motifs is 1. The first-order valence-corrected chi connectivity index (χ1v) is 7.24. The number of thiazole rings is 1. The molecule has 1 unspecified atom stereocenters. The zero-order chi connectivity index (χ0) is 14.3. The smallest absolute Gasteiger partial charge is 0.184 e. The number of halogens is 1. The Hall–Kier alpha value is -1.88. The van der Waals surface area contributed by atoms with Gasteiger partial charge in [0.15, 0.2) is 5.13 Å². The van der Waals surface area contributed by atoms with Crippen LogP contribution in [0.25, 0.3) is 10.2 Å². The number of rotatable bonds is 3. The largest absolute Gasteiger partial charge is 0.466 e. The average Bonchev–Trinajstić information content (AvgIpc) is 2.91. The molecule has 0 saturated carbocycles. The fraction of sp³-hybridized carbons (Fsp3) is 0.267. The van der Waals surface area contributed by atoms with Crippen LogP contribution in [0.1, 0.15) is 30.0 Å². The number of hydrogen-bond acceptors (Lipinski definition) is 4. The number of nitrogens with one attached hydrogen (secondary N) is 1. The average molecular weight is 290 g/mol. The van der Waals surface area contributed by atoms with Crippen molar-refractivity contribution in [2.24, 2.45) is 0 Å². The molecule has 0 aliphatic heterocycles. The molecule has 0 saturated heterocycles. The molecule has 1 aromatic carbocycles. The third kappa shape index (κ3) is 2.41. The molecule has 5 heteroatoms. The van der Waals surface area contributed by atoms with E-state index in [1.807, 2.05) is 19.9 Å². The standard InChI is InChI=1S/C15H15FN2OS/c1-8-6-12(10(3)19-8)9(2)17-15-18-13-7-11(16)4-5-14(13)20-15/h4-7,9H,1-3H3,(H,17,18). The van der Waals surface area contributed by atoms with Gasteiger partial charge in [0.25, 0.3) is 0 Å². The summed E-state index contributed by atoms with van der Waals surface area (Å²) in [4.78, 5) is 4.41. The number of aromatic nitrogens is 1. The van der Waals surface area contributed by atoms with Crippen LogP contribution in [0, 0.1) is 19.7 Å². The van der Waals surface area contributed by atoms with Gasteiger partial charge in [0.2, 0.25) is 0 Å². The number of anilines is 1. The van der Waals surface area contributed by atoms with Crippen molar-refractivity contribution >= 4 is 26.7 Å². The van der Waals surface area contributed by atoms with Crippen LogP contribution in [0.5, 0.6) is 0 Å². The fourth-order valence-corrected chi connectivity index (χ4v) is 3.24. The number of aryl methyl sites for hydroxylation is 2. The van der Waals surface area contributed by atoms with Gasteiger partial charge in [0.05, 0.1) is 16.3 Å². The number of benzene rings is 1. The van der Waals surface area contributed by atoms with Crippen LogP contribution in [0.2, 0.25) is 0 Å². The second-order valence-corrected chi connectivity index (χ2v) is 5.90. The molecule has 0 fully saturated rings. The van der Waals surface area contributed by atoms with Crippen molar-refractivity contribution in [3.63, 3.8) is 0 Å². The number of hydrogen-bond donors (Lipinski definition) is 1. The van der Waals surface area contributed by atoms with Gasteiger partial charge in [-0.1, -0.05) is 11.3 Å². The summed E-state index contributed by atoms with van der Waals surface area (Å²) in [5, 5.41) is 4.13. The highest BCUT2D eigenvalue weighted by Crippen LogP contribution is 2.30.